The average Bonchev–Trinajstić information content (AvgIpc) is 2.19. The topological polar surface area (TPSA) is 9.23 Å². The summed E-state index contributed by atoms with van der Waals surface area (Å²) < 4.78 is 5.77. The molecule has 13 heavy (non-hydrogen) atoms. The third kappa shape index (κ3) is 6.09. The molecule has 0 radical (unpaired) electrons. The summed E-state index contributed by atoms with van der Waals surface area (Å²) in [5, 5.41) is 0. The van der Waals surface area contributed by atoms with Crippen LogP contribution in [-0.4, -0.2) is 12.7 Å². The van der Waals surface area contributed by atoms with Gasteiger partial charge in [-0.25, -0.2) is 0 Å². The monoisotopic (exact) mass is 186 g/mol. The van der Waals surface area contributed by atoms with Gasteiger partial charge in [0, 0.05) is 6.61 Å². The highest BCUT2D eigenvalue weighted by molar-refractivity contribution is 4.56. The van der Waals surface area contributed by atoms with Crippen molar-refractivity contribution < 1.29 is 4.74 Å². The molecule has 0 heterocycles. The molecular formula is C12H26O. The Hall–Kier alpha value is -0.0400. The molecule has 1 nitrogen and oxygen atoms in total. The Morgan fingerprint density at radius 2 is 1.38 bits per heavy atom. The summed E-state index contributed by atoms with van der Waals surface area (Å²) in [6.07, 6.45) is 6.63. The summed E-state index contributed by atoms with van der Waals surface area (Å²) in [6.45, 7) is 9.89. The van der Waals surface area contributed by atoms with Gasteiger partial charge in [-0.05, 0) is 25.2 Å². The minimum atomic E-state index is 0.495. The average molecular weight is 186 g/mol. The Kier molecular flexibility index (Phi) is 8.53. The fourth-order valence-corrected chi connectivity index (χ4v) is 1.62. The number of hydrogen-bond donors (Lipinski definition) is 0. The van der Waals surface area contributed by atoms with Crippen LogP contribution in [0.2, 0.25) is 0 Å². The molecule has 0 aliphatic heterocycles. The van der Waals surface area contributed by atoms with Gasteiger partial charge < -0.3 is 4.74 Å². The van der Waals surface area contributed by atoms with E-state index in [1.165, 1.54) is 19.3 Å². The molecule has 0 aliphatic carbocycles. The van der Waals surface area contributed by atoms with Gasteiger partial charge in [-0.1, -0.05) is 40.5 Å². The fraction of sp³-hybridized carbons (Fsp3) is 1.00. The highest BCUT2D eigenvalue weighted by atomic mass is 16.5. The van der Waals surface area contributed by atoms with E-state index in [1.807, 2.05) is 0 Å². The minimum absolute atomic E-state index is 0.495. The molecule has 0 fully saturated rings. The lowest BCUT2D eigenvalue weighted by Crippen LogP contribution is -2.13. The van der Waals surface area contributed by atoms with Crippen LogP contribution in [0.1, 0.15) is 59.8 Å². The summed E-state index contributed by atoms with van der Waals surface area (Å²) in [5.74, 6) is 0.870. The quantitative estimate of drug-likeness (QED) is 0.556. The van der Waals surface area contributed by atoms with Crippen molar-refractivity contribution in [3.05, 3.63) is 0 Å². The van der Waals surface area contributed by atoms with E-state index in [4.69, 9.17) is 4.74 Å². The van der Waals surface area contributed by atoms with E-state index in [-0.39, 0.29) is 0 Å². The molecule has 0 unspecified atom stereocenters. The maximum absolute atomic E-state index is 5.77. The van der Waals surface area contributed by atoms with E-state index in [1.54, 1.807) is 0 Å². The molecule has 0 aromatic heterocycles. The van der Waals surface area contributed by atoms with E-state index >= 15 is 0 Å². The zero-order valence-corrected chi connectivity index (χ0v) is 9.81. The molecule has 80 valence electrons. The molecule has 0 rings (SSSR count). The van der Waals surface area contributed by atoms with Crippen molar-refractivity contribution in [2.75, 3.05) is 6.61 Å². The second kappa shape index (κ2) is 8.55. The largest absolute Gasteiger partial charge is 0.378 e. The zero-order valence-electron chi connectivity index (χ0n) is 9.81. The van der Waals surface area contributed by atoms with Gasteiger partial charge in [0.05, 0.1) is 6.10 Å². The molecule has 0 N–H and O–H groups in total. The third-order valence-corrected chi connectivity index (χ3v) is 2.95. The van der Waals surface area contributed by atoms with E-state index in [0.717, 1.165) is 25.4 Å². The number of hydrogen-bond acceptors (Lipinski definition) is 1. The maximum atomic E-state index is 5.77. The molecule has 1 heteroatoms. The van der Waals surface area contributed by atoms with Crippen molar-refractivity contribution in [2.45, 2.75) is 65.9 Å². The molecule has 0 atom stereocenters. The molecule has 0 aliphatic rings. The van der Waals surface area contributed by atoms with Crippen LogP contribution in [0.4, 0.5) is 0 Å². The lowest BCUT2D eigenvalue weighted by molar-refractivity contribution is 0.0392. The first-order valence-electron chi connectivity index (χ1n) is 5.89. The van der Waals surface area contributed by atoms with E-state index in [2.05, 4.69) is 27.7 Å². The van der Waals surface area contributed by atoms with Crippen LogP contribution in [0, 0.1) is 5.92 Å². The molecule has 0 spiro atoms. The van der Waals surface area contributed by atoms with Crippen molar-refractivity contribution in [2.24, 2.45) is 5.92 Å². The van der Waals surface area contributed by atoms with Crippen molar-refractivity contribution in [3.63, 3.8) is 0 Å². The first-order chi connectivity index (χ1) is 6.28. The summed E-state index contributed by atoms with van der Waals surface area (Å²) in [7, 11) is 0. The van der Waals surface area contributed by atoms with Gasteiger partial charge >= 0.3 is 0 Å². The number of ether oxygens (including phenoxy) is 1. The Morgan fingerprint density at radius 3 is 1.77 bits per heavy atom. The van der Waals surface area contributed by atoms with E-state index in [9.17, 15) is 0 Å². The van der Waals surface area contributed by atoms with Gasteiger partial charge in [-0.2, -0.15) is 0 Å². The van der Waals surface area contributed by atoms with Gasteiger partial charge in [0.2, 0.25) is 0 Å². The Morgan fingerprint density at radius 1 is 0.846 bits per heavy atom. The predicted octanol–water partition coefficient (Wildman–Crippen LogP) is 4.02. The summed E-state index contributed by atoms with van der Waals surface area (Å²) >= 11 is 0. The summed E-state index contributed by atoms with van der Waals surface area (Å²) in [5.41, 5.74) is 0. The standard InChI is InChI=1S/C12H26O/c1-5-11(6-2)9-10-13-12(7-3)8-4/h11-12H,5-10H2,1-4H3. The predicted molar refractivity (Wildman–Crippen MR) is 59.0 cm³/mol. The molecule has 0 aromatic carbocycles. The van der Waals surface area contributed by atoms with Crippen LogP contribution in [0.3, 0.4) is 0 Å². The summed E-state index contributed by atoms with van der Waals surface area (Å²) in [4.78, 5) is 0. The molecule has 0 aromatic rings. The van der Waals surface area contributed by atoms with Crippen LogP contribution in [0.25, 0.3) is 0 Å². The van der Waals surface area contributed by atoms with Crippen molar-refractivity contribution in [1.29, 1.82) is 0 Å². The number of rotatable bonds is 8. The van der Waals surface area contributed by atoms with Crippen LogP contribution in [0.15, 0.2) is 0 Å². The first-order valence-corrected chi connectivity index (χ1v) is 5.89. The Balaban J connectivity index is 3.41. The van der Waals surface area contributed by atoms with Crippen LogP contribution in [0.5, 0.6) is 0 Å². The van der Waals surface area contributed by atoms with E-state index in [0.29, 0.717) is 6.10 Å². The summed E-state index contributed by atoms with van der Waals surface area (Å²) in [6, 6.07) is 0. The van der Waals surface area contributed by atoms with Crippen molar-refractivity contribution >= 4 is 0 Å². The van der Waals surface area contributed by atoms with E-state index < -0.39 is 0 Å². The van der Waals surface area contributed by atoms with Gasteiger partial charge in [-0.3, -0.25) is 0 Å². The van der Waals surface area contributed by atoms with Gasteiger partial charge in [-0.15, -0.1) is 0 Å². The maximum Gasteiger partial charge on any atom is 0.0569 e. The molecular weight excluding hydrogens is 160 g/mol. The first kappa shape index (κ1) is 13.0. The van der Waals surface area contributed by atoms with Gasteiger partial charge in [0.25, 0.3) is 0 Å². The Bertz CT molecular complexity index is 81.3. The second-order valence-corrected chi connectivity index (χ2v) is 3.78. The van der Waals surface area contributed by atoms with Gasteiger partial charge in [0.15, 0.2) is 0 Å². The molecule has 0 saturated carbocycles. The zero-order chi connectivity index (χ0) is 10.1. The van der Waals surface area contributed by atoms with Crippen LogP contribution >= 0.6 is 0 Å². The van der Waals surface area contributed by atoms with Gasteiger partial charge in [0.1, 0.15) is 0 Å². The smallest absolute Gasteiger partial charge is 0.0569 e. The lowest BCUT2D eigenvalue weighted by Gasteiger charge is -2.16. The molecule has 0 amide bonds. The fourth-order valence-electron chi connectivity index (χ4n) is 1.62. The Labute approximate surface area is 83.9 Å². The SMILES string of the molecule is CCC(CC)CCOC(CC)CC. The van der Waals surface area contributed by atoms with Crippen LogP contribution < -0.4 is 0 Å². The third-order valence-electron chi connectivity index (χ3n) is 2.95. The highest BCUT2D eigenvalue weighted by Gasteiger charge is 2.06. The minimum Gasteiger partial charge on any atom is -0.378 e. The van der Waals surface area contributed by atoms with Crippen molar-refractivity contribution in [3.8, 4) is 0 Å². The van der Waals surface area contributed by atoms with Crippen molar-refractivity contribution in [1.82, 2.24) is 0 Å². The lowest BCUT2D eigenvalue weighted by atomic mass is 10.0. The highest BCUT2D eigenvalue weighted by Crippen LogP contribution is 2.13. The molecule has 0 saturated heterocycles. The second-order valence-electron chi connectivity index (χ2n) is 3.78. The normalized spacial score (nSPS) is 11.5. The van der Waals surface area contributed by atoms with Crippen LogP contribution in [-0.2, 0) is 4.74 Å². The molecule has 0 bridgehead atoms.